The Morgan fingerprint density at radius 2 is 1.62 bits per heavy atom. The molecule has 1 aliphatic rings. The third-order valence-electron chi connectivity index (χ3n) is 8.51. The summed E-state index contributed by atoms with van der Waals surface area (Å²) in [6.07, 6.45) is 2.83. The Hall–Kier alpha value is -5.19. The van der Waals surface area contributed by atoms with Gasteiger partial charge in [-0.05, 0) is 108 Å². The number of carboxylic acids is 1. The zero-order chi connectivity index (χ0) is 41.0. The first kappa shape index (κ1) is 42.6. The topological polar surface area (TPSA) is 221 Å². The molecule has 55 heavy (non-hydrogen) atoms. The number of hydrogen-bond acceptors (Lipinski definition) is 11. The number of fused-ring (bicyclic) bond motifs is 2. The lowest BCUT2D eigenvalue weighted by Crippen LogP contribution is -2.47. The molecular formula is C39H50N6O9S. The van der Waals surface area contributed by atoms with Gasteiger partial charge >= 0.3 is 17.9 Å². The maximum atomic E-state index is 13.0. The molecule has 15 nitrogen and oxygen atoms in total. The van der Waals surface area contributed by atoms with Crippen LogP contribution in [0.1, 0.15) is 121 Å². The second kappa shape index (κ2) is 16.7. The van der Waals surface area contributed by atoms with Gasteiger partial charge in [-0.2, -0.15) is 9.82 Å². The molecule has 5 rings (SSSR count). The molecule has 0 saturated heterocycles. The average molecular weight is 779 g/mol. The fraction of sp³-hybridized carbons (Fsp3) is 0.436. The summed E-state index contributed by atoms with van der Waals surface area (Å²) in [6, 6.07) is 11.3. The fourth-order valence-electron chi connectivity index (χ4n) is 5.86. The number of nitrogens with one attached hydrogen (secondary N) is 2. The van der Waals surface area contributed by atoms with E-state index in [0.717, 1.165) is 22.3 Å². The van der Waals surface area contributed by atoms with Crippen molar-refractivity contribution in [3.8, 4) is 0 Å². The van der Waals surface area contributed by atoms with E-state index >= 15 is 0 Å². The van der Waals surface area contributed by atoms with Crippen LogP contribution in [0, 0.1) is 12.8 Å². The van der Waals surface area contributed by atoms with Crippen LogP contribution in [0.3, 0.4) is 0 Å². The summed E-state index contributed by atoms with van der Waals surface area (Å²) in [7, 11) is -3.82. The molecule has 0 spiro atoms. The minimum Gasteiger partial charge on any atom is -0.477 e. The summed E-state index contributed by atoms with van der Waals surface area (Å²) >= 11 is 0. The summed E-state index contributed by atoms with van der Waals surface area (Å²) in [6.45, 7) is 16.4. The first-order valence-corrected chi connectivity index (χ1v) is 19.3. The fourth-order valence-corrected chi connectivity index (χ4v) is 7.20. The van der Waals surface area contributed by atoms with Crippen LogP contribution in [-0.4, -0.2) is 69.2 Å². The molecule has 0 bridgehead atoms. The van der Waals surface area contributed by atoms with Gasteiger partial charge in [0.1, 0.15) is 22.9 Å². The van der Waals surface area contributed by atoms with Gasteiger partial charge in [0.25, 0.3) is 5.91 Å². The van der Waals surface area contributed by atoms with E-state index in [-0.39, 0.29) is 39.9 Å². The number of aromatic nitrogens is 3. The number of ether oxygens (including phenoxy) is 2. The van der Waals surface area contributed by atoms with Gasteiger partial charge in [-0.25, -0.2) is 27.5 Å². The van der Waals surface area contributed by atoms with E-state index in [2.05, 4.69) is 20.1 Å². The van der Waals surface area contributed by atoms with Gasteiger partial charge in [-0.15, -0.1) is 0 Å². The van der Waals surface area contributed by atoms with Gasteiger partial charge in [0.15, 0.2) is 11.3 Å². The molecule has 2 aromatic heterocycles. The van der Waals surface area contributed by atoms with E-state index in [0.29, 0.717) is 24.9 Å². The van der Waals surface area contributed by atoms with E-state index in [4.69, 9.17) is 15.2 Å². The van der Waals surface area contributed by atoms with Crippen molar-refractivity contribution in [3.05, 3.63) is 93.9 Å². The van der Waals surface area contributed by atoms with E-state index in [1.165, 1.54) is 35.0 Å². The molecule has 2 atom stereocenters. The highest BCUT2D eigenvalue weighted by Gasteiger charge is 2.33. The largest absolute Gasteiger partial charge is 0.477 e. The SMILES string of the molecule is CC(C)[C@H](NS(=O)(=O)c1ccc(CN)cc1)C(=O)OC(C)(C)C.Cc1c(C(=O)OC(C)(C)C)ccc2c1CC[C@@H]2NC(=O)c1cc(C(=O)O)nc2ccnn12. The van der Waals surface area contributed by atoms with Crippen LogP contribution in [0.2, 0.25) is 0 Å². The lowest BCUT2D eigenvalue weighted by Gasteiger charge is -2.26. The molecule has 5 N–H and O–H groups in total. The highest BCUT2D eigenvalue weighted by molar-refractivity contribution is 7.89. The number of sulfonamides is 1. The Morgan fingerprint density at radius 1 is 0.982 bits per heavy atom. The lowest BCUT2D eigenvalue weighted by molar-refractivity contribution is -0.158. The highest BCUT2D eigenvalue weighted by Crippen LogP contribution is 2.35. The number of nitrogens with zero attached hydrogens (tertiary/aromatic N) is 3. The van der Waals surface area contributed by atoms with Crippen molar-refractivity contribution in [1.29, 1.82) is 0 Å². The Balaban J connectivity index is 0.000000260. The molecule has 0 radical (unpaired) electrons. The summed E-state index contributed by atoms with van der Waals surface area (Å²) in [4.78, 5) is 53.3. The predicted octanol–water partition coefficient (Wildman–Crippen LogP) is 4.90. The summed E-state index contributed by atoms with van der Waals surface area (Å²) in [5.74, 6) is -2.88. The zero-order valence-corrected chi connectivity index (χ0v) is 33.4. The molecule has 0 unspecified atom stereocenters. The van der Waals surface area contributed by atoms with Gasteiger partial charge in [-0.3, -0.25) is 9.59 Å². The third kappa shape index (κ3) is 10.7. The Kier molecular flexibility index (Phi) is 12.9. The van der Waals surface area contributed by atoms with Gasteiger partial charge in [-0.1, -0.05) is 32.0 Å². The minimum absolute atomic E-state index is 0.0870. The molecule has 2 aromatic carbocycles. The highest BCUT2D eigenvalue weighted by atomic mass is 32.2. The van der Waals surface area contributed by atoms with Gasteiger partial charge in [0.2, 0.25) is 10.0 Å². The quantitative estimate of drug-likeness (QED) is 0.158. The van der Waals surface area contributed by atoms with E-state index in [1.54, 1.807) is 52.8 Å². The normalized spacial score (nSPS) is 14.8. The molecule has 1 amide bonds. The van der Waals surface area contributed by atoms with Crippen molar-refractivity contribution in [2.45, 2.75) is 110 Å². The van der Waals surface area contributed by atoms with Crippen LogP contribution in [0.4, 0.5) is 0 Å². The maximum absolute atomic E-state index is 13.0. The number of nitrogens with two attached hydrogens (primary N) is 1. The predicted molar refractivity (Wildman–Crippen MR) is 204 cm³/mol. The van der Waals surface area contributed by atoms with Crippen LogP contribution in [-0.2, 0) is 37.3 Å². The second-order valence-corrected chi connectivity index (χ2v) is 17.2. The first-order chi connectivity index (χ1) is 25.5. The van der Waals surface area contributed by atoms with Crippen molar-refractivity contribution >= 4 is 39.5 Å². The van der Waals surface area contributed by atoms with E-state index in [1.807, 2.05) is 33.8 Å². The second-order valence-electron chi connectivity index (χ2n) is 15.5. The van der Waals surface area contributed by atoms with Crippen LogP contribution in [0.5, 0.6) is 0 Å². The molecule has 0 fully saturated rings. The van der Waals surface area contributed by atoms with E-state index < -0.39 is 45.1 Å². The number of aromatic carboxylic acids is 1. The van der Waals surface area contributed by atoms with Crippen LogP contribution in [0.15, 0.2) is 59.6 Å². The Bertz CT molecular complexity index is 2180. The van der Waals surface area contributed by atoms with Gasteiger partial charge < -0.3 is 25.6 Å². The molecule has 2 heterocycles. The molecular weight excluding hydrogens is 729 g/mol. The average Bonchev–Trinajstić information content (AvgIpc) is 3.73. The van der Waals surface area contributed by atoms with Crippen molar-refractivity contribution in [2.75, 3.05) is 0 Å². The van der Waals surface area contributed by atoms with Crippen molar-refractivity contribution < 1.29 is 42.2 Å². The molecule has 0 aliphatic heterocycles. The number of carboxylic acid groups (broad SMARTS) is 1. The van der Waals surface area contributed by atoms with Crippen LogP contribution < -0.4 is 15.8 Å². The van der Waals surface area contributed by atoms with Crippen molar-refractivity contribution in [1.82, 2.24) is 24.6 Å². The number of carbonyl (C=O) groups is 4. The Labute approximate surface area is 321 Å². The standard InChI is InChI=1S/C23H24N4O5.C16H26N2O4S/c1-12-13-7-8-16(15(13)6-5-14(12)22(31)32-23(2,3)4)26-20(28)18-11-17(21(29)30)25-19-9-10-24-27(18)19;1-11(2)14(15(19)22-16(3,4)5)18-23(20,21)13-8-6-12(10-17)7-9-13/h5-6,9-11,16H,7-8H2,1-4H3,(H,26,28)(H,29,30);6-9,11,14,18H,10,17H2,1-5H3/t16-;14-/m00/s1. The van der Waals surface area contributed by atoms with Gasteiger partial charge in [0.05, 0.1) is 22.7 Å². The number of amides is 1. The summed E-state index contributed by atoms with van der Waals surface area (Å²) in [5.41, 5.74) is 8.52. The molecule has 16 heteroatoms. The number of hydrogen-bond donors (Lipinski definition) is 4. The van der Waals surface area contributed by atoms with Crippen LogP contribution in [0.25, 0.3) is 5.65 Å². The van der Waals surface area contributed by atoms with Crippen LogP contribution >= 0.6 is 0 Å². The van der Waals surface area contributed by atoms with Crippen molar-refractivity contribution in [2.24, 2.45) is 11.7 Å². The monoisotopic (exact) mass is 778 g/mol. The smallest absolute Gasteiger partial charge is 0.354 e. The molecule has 4 aromatic rings. The molecule has 0 saturated carbocycles. The first-order valence-electron chi connectivity index (χ1n) is 17.8. The minimum atomic E-state index is -3.82. The summed E-state index contributed by atoms with van der Waals surface area (Å²) < 4.78 is 39.5. The number of esters is 2. The molecule has 296 valence electrons. The lowest BCUT2D eigenvalue weighted by atomic mass is 9.97. The van der Waals surface area contributed by atoms with Crippen molar-refractivity contribution in [3.63, 3.8) is 0 Å². The van der Waals surface area contributed by atoms with E-state index in [9.17, 15) is 32.7 Å². The zero-order valence-electron chi connectivity index (χ0n) is 32.6. The Morgan fingerprint density at radius 3 is 2.18 bits per heavy atom. The van der Waals surface area contributed by atoms with Gasteiger partial charge in [0, 0.05) is 18.7 Å². The maximum Gasteiger partial charge on any atom is 0.354 e. The number of carbonyl (C=O) groups excluding carboxylic acids is 3. The number of benzene rings is 2. The molecule has 1 aliphatic carbocycles. The summed E-state index contributed by atoms with van der Waals surface area (Å²) in [5, 5.41) is 16.4. The number of rotatable bonds is 10. The third-order valence-corrected chi connectivity index (χ3v) is 9.96.